The summed E-state index contributed by atoms with van der Waals surface area (Å²) in [6.07, 6.45) is 6.52. The zero-order valence-corrected chi connectivity index (χ0v) is 13.9. The maximum atomic E-state index is 5.55. The van der Waals surface area contributed by atoms with Crippen molar-refractivity contribution >= 4 is 10.8 Å². The molecule has 2 heterocycles. The highest BCUT2D eigenvalue weighted by molar-refractivity contribution is 5.87. The van der Waals surface area contributed by atoms with Gasteiger partial charge in [0.15, 0.2) is 22.9 Å². The number of aromatic amines is 1. The number of ether oxygens (including phenoxy) is 2. The van der Waals surface area contributed by atoms with Crippen LogP contribution in [-0.4, -0.2) is 6.79 Å². The van der Waals surface area contributed by atoms with E-state index in [1.165, 1.54) is 47.8 Å². The molecule has 1 aliphatic carbocycles. The fourth-order valence-corrected chi connectivity index (χ4v) is 3.88. The molecule has 0 atom stereocenters. The highest BCUT2D eigenvalue weighted by Crippen LogP contribution is 2.42. The van der Waals surface area contributed by atoms with Crippen molar-refractivity contribution in [2.45, 2.75) is 46.0 Å². The zero-order chi connectivity index (χ0) is 14.4. The first-order valence-electron chi connectivity index (χ1n) is 7.88. The van der Waals surface area contributed by atoms with Crippen LogP contribution in [-0.2, 0) is 6.42 Å². The van der Waals surface area contributed by atoms with Gasteiger partial charge in [0, 0.05) is 19.4 Å². The van der Waals surface area contributed by atoms with Gasteiger partial charge >= 0.3 is 0 Å². The van der Waals surface area contributed by atoms with Gasteiger partial charge in [-0.25, -0.2) is 4.98 Å². The number of fused-ring (bicyclic) bond motifs is 2. The first-order chi connectivity index (χ1) is 10.1. The fraction of sp³-hybridized carbons (Fsp3) is 0.500. The van der Waals surface area contributed by atoms with Gasteiger partial charge in [-0.1, -0.05) is 19.8 Å². The lowest BCUT2D eigenvalue weighted by atomic mass is 9.82. The lowest BCUT2D eigenvalue weighted by Crippen LogP contribution is -3.00. The first kappa shape index (κ1) is 15.4. The van der Waals surface area contributed by atoms with Crippen LogP contribution in [0.1, 0.15) is 44.0 Å². The molecule has 0 unspecified atom stereocenters. The van der Waals surface area contributed by atoms with Crippen LogP contribution in [0.15, 0.2) is 18.2 Å². The van der Waals surface area contributed by atoms with Crippen LogP contribution < -0.4 is 26.9 Å². The Morgan fingerprint density at radius 1 is 1.09 bits per heavy atom. The lowest BCUT2D eigenvalue weighted by molar-refractivity contribution is -0.398. The van der Waals surface area contributed by atoms with Gasteiger partial charge in [0.2, 0.25) is 6.79 Å². The van der Waals surface area contributed by atoms with Crippen LogP contribution >= 0.6 is 0 Å². The molecule has 0 radical (unpaired) electrons. The fourth-order valence-electron chi connectivity index (χ4n) is 3.88. The average molecular weight is 320 g/mol. The van der Waals surface area contributed by atoms with Gasteiger partial charge in [-0.3, -0.25) is 0 Å². The molecule has 1 aromatic carbocycles. The number of benzene rings is 1. The van der Waals surface area contributed by atoms with E-state index in [1.807, 2.05) is 0 Å². The third kappa shape index (κ3) is 2.63. The van der Waals surface area contributed by atoms with E-state index in [0.29, 0.717) is 12.2 Å². The summed E-state index contributed by atoms with van der Waals surface area (Å²) in [7, 11) is 0. The molecule has 1 fully saturated rings. The number of hydrogen-bond donors (Lipinski definition) is 0. The summed E-state index contributed by atoms with van der Waals surface area (Å²) in [5.74, 6) is 1.74. The van der Waals surface area contributed by atoms with Gasteiger partial charge in [-0.05, 0) is 35.8 Å². The number of rotatable bonds is 2. The van der Waals surface area contributed by atoms with Crippen molar-refractivity contribution in [2.24, 2.45) is 5.41 Å². The lowest BCUT2D eigenvalue weighted by Gasteiger charge is -2.21. The highest BCUT2D eigenvalue weighted by Gasteiger charge is 2.32. The number of hydrogen-bond acceptors (Lipinski definition) is 2. The molecule has 0 amide bonds. The van der Waals surface area contributed by atoms with Crippen LogP contribution in [0.25, 0.3) is 10.8 Å². The van der Waals surface area contributed by atoms with Crippen LogP contribution in [0.4, 0.5) is 0 Å². The molecule has 0 bridgehead atoms. The molecule has 22 heavy (non-hydrogen) atoms. The number of aryl methyl sites for hydroxylation is 1. The van der Waals surface area contributed by atoms with Crippen molar-refractivity contribution in [2.75, 3.05) is 6.79 Å². The van der Waals surface area contributed by atoms with Gasteiger partial charge in [0.05, 0.1) is 5.39 Å². The van der Waals surface area contributed by atoms with E-state index in [-0.39, 0.29) is 12.4 Å². The van der Waals surface area contributed by atoms with Gasteiger partial charge < -0.3 is 21.9 Å². The molecule has 0 saturated heterocycles. The van der Waals surface area contributed by atoms with E-state index in [4.69, 9.17) is 9.47 Å². The molecule has 1 N–H and O–H groups in total. The van der Waals surface area contributed by atoms with E-state index in [2.05, 4.69) is 37.0 Å². The summed E-state index contributed by atoms with van der Waals surface area (Å²) in [5.41, 5.74) is 2.98. The molecule has 118 valence electrons. The van der Waals surface area contributed by atoms with Crippen molar-refractivity contribution in [3.63, 3.8) is 0 Å². The molecule has 3 nitrogen and oxygen atoms in total. The minimum absolute atomic E-state index is 0. The van der Waals surface area contributed by atoms with Crippen LogP contribution in [0.5, 0.6) is 11.5 Å². The van der Waals surface area contributed by atoms with Gasteiger partial charge in [-0.2, -0.15) is 0 Å². The Balaban J connectivity index is 0.00000144. The second-order valence-electron chi connectivity index (χ2n) is 6.92. The first-order valence-corrected chi connectivity index (χ1v) is 7.88. The van der Waals surface area contributed by atoms with E-state index in [9.17, 15) is 0 Å². The molecule has 2 aromatic rings. The molecular formula is C18H22ClNO2. The van der Waals surface area contributed by atoms with Crippen molar-refractivity contribution in [3.05, 3.63) is 29.6 Å². The maximum Gasteiger partial charge on any atom is 0.231 e. The Bertz CT molecular complexity index is 708. The maximum absolute atomic E-state index is 5.55. The van der Waals surface area contributed by atoms with Crippen LogP contribution in [0, 0.1) is 12.3 Å². The Morgan fingerprint density at radius 3 is 2.50 bits per heavy atom. The quantitative estimate of drug-likeness (QED) is 0.821. The van der Waals surface area contributed by atoms with Gasteiger partial charge in [0.1, 0.15) is 0 Å². The van der Waals surface area contributed by atoms with Gasteiger partial charge in [-0.15, -0.1) is 0 Å². The molecule has 4 heteroatoms. The highest BCUT2D eigenvalue weighted by atomic mass is 35.5. The second-order valence-corrected chi connectivity index (χ2v) is 6.92. The summed E-state index contributed by atoms with van der Waals surface area (Å²) in [6.45, 7) is 4.89. The number of halogens is 1. The summed E-state index contributed by atoms with van der Waals surface area (Å²) in [4.78, 5) is 3.60. The molecule has 2 aliphatic rings. The van der Waals surface area contributed by atoms with E-state index in [0.717, 1.165) is 17.9 Å². The molecule has 4 rings (SSSR count). The largest absolute Gasteiger partial charge is 1.00 e. The Hall–Kier alpha value is -1.48. The Labute approximate surface area is 137 Å². The number of aromatic nitrogens is 1. The van der Waals surface area contributed by atoms with Crippen molar-refractivity contribution in [1.29, 1.82) is 0 Å². The second kappa shape index (κ2) is 5.62. The number of pyridine rings is 1. The molecule has 0 spiro atoms. The topological polar surface area (TPSA) is 32.6 Å². The molecule has 1 saturated carbocycles. The minimum atomic E-state index is 0. The minimum Gasteiger partial charge on any atom is -1.00 e. The SMILES string of the molecule is Cc1cc2cc3c(cc2c(CC2(C)CCCC2)[nH+]1)OCO3.[Cl-]. The molecule has 1 aromatic heterocycles. The van der Waals surface area contributed by atoms with E-state index >= 15 is 0 Å². The standard InChI is InChI=1S/C18H21NO2.ClH/c1-12-7-13-8-16-17(21-11-20-16)9-14(13)15(19-12)10-18(2)5-3-4-6-18;/h7-9H,3-6,10-11H2,1-2H3;1H. The zero-order valence-electron chi connectivity index (χ0n) is 13.2. The predicted molar refractivity (Wildman–Crippen MR) is 81.6 cm³/mol. The summed E-state index contributed by atoms with van der Waals surface area (Å²) in [5, 5.41) is 2.52. The van der Waals surface area contributed by atoms with E-state index in [1.54, 1.807) is 0 Å². The summed E-state index contributed by atoms with van der Waals surface area (Å²) in [6, 6.07) is 6.44. The number of nitrogens with one attached hydrogen (secondary N) is 1. The predicted octanol–water partition coefficient (Wildman–Crippen LogP) is 0.818. The van der Waals surface area contributed by atoms with Crippen molar-refractivity contribution < 1.29 is 26.9 Å². The van der Waals surface area contributed by atoms with Crippen molar-refractivity contribution in [1.82, 2.24) is 0 Å². The van der Waals surface area contributed by atoms with Gasteiger partial charge in [0.25, 0.3) is 0 Å². The number of H-pyrrole nitrogens is 1. The Morgan fingerprint density at radius 2 is 1.77 bits per heavy atom. The summed E-state index contributed by atoms with van der Waals surface area (Å²) < 4.78 is 11.1. The summed E-state index contributed by atoms with van der Waals surface area (Å²) >= 11 is 0. The molecular weight excluding hydrogens is 298 g/mol. The monoisotopic (exact) mass is 319 g/mol. The van der Waals surface area contributed by atoms with Crippen LogP contribution in [0.3, 0.4) is 0 Å². The van der Waals surface area contributed by atoms with E-state index < -0.39 is 0 Å². The van der Waals surface area contributed by atoms with Crippen LogP contribution in [0.2, 0.25) is 0 Å². The van der Waals surface area contributed by atoms with Crippen molar-refractivity contribution in [3.8, 4) is 11.5 Å². The third-order valence-corrected chi connectivity index (χ3v) is 5.00. The molecule has 1 aliphatic heterocycles. The third-order valence-electron chi connectivity index (χ3n) is 5.00. The normalized spacial score (nSPS) is 18.5. The average Bonchev–Trinajstić information content (AvgIpc) is 3.05. The Kier molecular flexibility index (Phi) is 3.94. The smallest absolute Gasteiger partial charge is 0.231 e.